The van der Waals surface area contributed by atoms with E-state index in [4.69, 9.17) is 9.47 Å². The number of hydrogen-bond donors (Lipinski definition) is 1. The molecule has 1 aromatic carbocycles. The number of aromatic nitrogens is 2. The largest absolute Gasteiger partial charge is 0.382 e. The molecule has 154 valence electrons. The maximum absolute atomic E-state index is 13.4. The van der Waals surface area contributed by atoms with E-state index in [1.54, 1.807) is 18.4 Å². The number of thiazole rings is 1. The normalized spacial score (nSPS) is 19.5. The van der Waals surface area contributed by atoms with Gasteiger partial charge in [0, 0.05) is 49.1 Å². The van der Waals surface area contributed by atoms with E-state index in [2.05, 4.69) is 16.0 Å². The summed E-state index contributed by atoms with van der Waals surface area (Å²) in [5, 5.41) is 0.965. The molecule has 29 heavy (non-hydrogen) atoms. The fourth-order valence-corrected chi connectivity index (χ4v) is 4.71. The summed E-state index contributed by atoms with van der Waals surface area (Å²) in [5.74, 6) is 0.0738. The van der Waals surface area contributed by atoms with Crippen LogP contribution in [0.4, 0.5) is 0 Å². The van der Waals surface area contributed by atoms with Crippen molar-refractivity contribution in [1.29, 1.82) is 0 Å². The monoisotopic (exact) mass is 413 g/mol. The zero-order chi connectivity index (χ0) is 20.2. The minimum Gasteiger partial charge on any atom is -0.382 e. The number of carbonyl (C=O) groups excluding carboxylic acids is 1. The maximum Gasteiger partial charge on any atom is 0.254 e. The van der Waals surface area contributed by atoms with Crippen molar-refractivity contribution in [2.75, 3.05) is 27.4 Å². The summed E-state index contributed by atoms with van der Waals surface area (Å²) in [6.07, 6.45) is 7.89. The number of fused-ring (bicyclic) bond motifs is 1. The molecule has 0 unspecified atom stereocenters. The van der Waals surface area contributed by atoms with Crippen LogP contribution in [0.1, 0.15) is 36.0 Å². The number of hydrogen-bond acceptors (Lipinski definition) is 5. The highest BCUT2D eigenvalue weighted by Gasteiger charge is 2.28. The third-order valence-corrected chi connectivity index (χ3v) is 6.59. The van der Waals surface area contributed by atoms with Crippen molar-refractivity contribution in [1.82, 2.24) is 14.9 Å². The smallest absolute Gasteiger partial charge is 0.254 e. The summed E-state index contributed by atoms with van der Waals surface area (Å²) >= 11 is 1.58. The van der Waals surface area contributed by atoms with Crippen molar-refractivity contribution in [3.05, 3.63) is 41.7 Å². The van der Waals surface area contributed by atoms with E-state index >= 15 is 0 Å². The van der Waals surface area contributed by atoms with Crippen molar-refractivity contribution < 1.29 is 14.3 Å². The Balaban J connectivity index is 1.49. The molecule has 0 aliphatic heterocycles. The van der Waals surface area contributed by atoms with Gasteiger partial charge in [-0.2, -0.15) is 0 Å². The van der Waals surface area contributed by atoms with Gasteiger partial charge in [0.05, 0.1) is 29.7 Å². The van der Waals surface area contributed by atoms with E-state index in [1.165, 1.54) is 0 Å². The second-order valence-corrected chi connectivity index (χ2v) is 8.42. The lowest BCUT2D eigenvalue weighted by molar-refractivity contribution is -0.0111. The lowest BCUT2D eigenvalue weighted by Gasteiger charge is -2.34. The number of methoxy groups -OCH3 is 1. The minimum atomic E-state index is 0.0738. The van der Waals surface area contributed by atoms with E-state index in [0.29, 0.717) is 13.2 Å². The van der Waals surface area contributed by atoms with Gasteiger partial charge >= 0.3 is 0 Å². The van der Waals surface area contributed by atoms with Crippen LogP contribution in [0.5, 0.6) is 0 Å². The van der Waals surface area contributed by atoms with Crippen LogP contribution in [0.2, 0.25) is 0 Å². The molecule has 1 saturated carbocycles. The number of rotatable bonds is 7. The molecule has 0 bridgehead atoms. The molecule has 2 aromatic heterocycles. The van der Waals surface area contributed by atoms with E-state index < -0.39 is 0 Å². The molecule has 0 spiro atoms. The molecule has 1 aliphatic carbocycles. The average Bonchev–Trinajstić information content (AvgIpc) is 3.44. The van der Waals surface area contributed by atoms with E-state index in [0.717, 1.165) is 52.6 Å². The van der Waals surface area contributed by atoms with Gasteiger partial charge in [-0.15, -0.1) is 11.3 Å². The molecule has 0 atom stereocenters. The van der Waals surface area contributed by atoms with Crippen molar-refractivity contribution in [2.45, 2.75) is 37.8 Å². The molecule has 2 heterocycles. The summed E-state index contributed by atoms with van der Waals surface area (Å²) in [7, 11) is 3.61. The maximum atomic E-state index is 13.4. The summed E-state index contributed by atoms with van der Waals surface area (Å²) in [6, 6.07) is 6.31. The third-order valence-electron chi connectivity index (χ3n) is 5.77. The third kappa shape index (κ3) is 4.37. The second kappa shape index (κ2) is 9.07. The van der Waals surface area contributed by atoms with Crippen LogP contribution in [-0.4, -0.2) is 60.3 Å². The minimum absolute atomic E-state index is 0.0738. The zero-order valence-electron chi connectivity index (χ0n) is 16.9. The van der Waals surface area contributed by atoms with Crippen LogP contribution in [-0.2, 0) is 9.47 Å². The fraction of sp³-hybridized carbons (Fsp3) is 0.455. The highest BCUT2D eigenvalue weighted by molar-refractivity contribution is 7.13. The predicted molar refractivity (Wildman–Crippen MR) is 115 cm³/mol. The standard InChI is InChI=1S/C22H27N3O3S/c1-25(16-3-5-17(6-4-16)28-10-9-27-2)22(26)19-11-15(21-13-23-14-29-21)12-20-18(19)7-8-24-20/h7-8,11-14,16-17,24H,3-6,9-10H2,1-2H3. The summed E-state index contributed by atoms with van der Waals surface area (Å²) in [4.78, 5) is 23.8. The van der Waals surface area contributed by atoms with Crippen LogP contribution >= 0.6 is 11.3 Å². The first kappa shape index (κ1) is 20.1. The average molecular weight is 414 g/mol. The van der Waals surface area contributed by atoms with E-state index in [9.17, 15) is 4.79 Å². The fourth-order valence-electron chi connectivity index (χ4n) is 4.10. The molecular weight excluding hydrogens is 386 g/mol. The Morgan fingerprint density at radius 3 is 2.83 bits per heavy atom. The SMILES string of the molecule is COCCOC1CCC(N(C)C(=O)c2cc(-c3cncs3)cc3[nH]ccc23)CC1. The number of carbonyl (C=O) groups is 1. The first-order valence-electron chi connectivity index (χ1n) is 10.0. The van der Waals surface area contributed by atoms with Crippen LogP contribution in [0.15, 0.2) is 36.1 Å². The number of nitrogens with one attached hydrogen (secondary N) is 1. The van der Waals surface area contributed by atoms with Gasteiger partial charge in [-0.25, -0.2) is 0 Å². The lowest BCUT2D eigenvalue weighted by atomic mass is 9.91. The number of nitrogens with zero attached hydrogens (tertiary/aromatic N) is 2. The molecule has 1 N–H and O–H groups in total. The number of amides is 1. The van der Waals surface area contributed by atoms with Gasteiger partial charge in [-0.3, -0.25) is 9.78 Å². The number of benzene rings is 1. The predicted octanol–water partition coefficient (Wildman–Crippen LogP) is 4.34. The first-order chi connectivity index (χ1) is 14.2. The highest BCUT2D eigenvalue weighted by Crippen LogP contribution is 2.31. The van der Waals surface area contributed by atoms with Crippen LogP contribution in [0, 0.1) is 0 Å². The Hall–Kier alpha value is -2.22. The van der Waals surface area contributed by atoms with Crippen LogP contribution in [0.25, 0.3) is 21.3 Å². The summed E-state index contributed by atoms with van der Waals surface area (Å²) < 4.78 is 10.9. The Labute approximate surface area is 174 Å². The first-order valence-corrected chi connectivity index (χ1v) is 10.9. The number of H-pyrrole nitrogens is 1. The molecule has 3 aromatic rings. The summed E-state index contributed by atoms with van der Waals surface area (Å²) in [5.41, 5.74) is 4.56. The van der Waals surface area contributed by atoms with Crippen LogP contribution in [0.3, 0.4) is 0 Å². The van der Waals surface area contributed by atoms with Crippen molar-refractivity contribution >= 4 is 28.1 Å². The highest BCUT2D eigenvalue weighted by atomic mass is 32.1. The number of ether oxygens (including phenoxy) is 2. The van der Waals surface area contributed by atoms with E-state index in [-0.39, 0.29) is 18.1 Å². The molecular formula is C22H27N3O3S. The Morgan fingerprint density at radius 2 is 2.10 bits per heavy atom. The Kier molecular flexibility index (Phi) is 6.28. The zero-order valence-corrected chi connectivity index (χ0v) is 17.7. The van der Waals surface area contributed by atoms with Gasteiger partial charge < -0.3 is 19.4 Å². The van der Waals surface area contributed by atoms with Crippen molar-refractivity contribution in [2.24, 2.45) is 0 Å². The van der Waals surface area contributed by atoms with Gasteiger partial charge in [0.25, 0.3) is 5.91 Å². The lowest BCUT2D eigenvalue weighted by Crippen LogP contribution is -2.40. The Morgan fingerprint density at radius 1 is 1.28 bits per heavy atom. The molecule has 0 radical (unpaired) electrons. The summed E-state index contributed by atoms with van der Waals surface area (Å²) in [6.45, 7) is 1.26. The molecule has 4 rings (SSSR count). The van der Waals surface area contributed by atoms with Crippen molar-refractivity contribution in [3.8, 4) is 10.4 Å². The molecule has 1 amide bonds. The van der Waals surface area contributed by atoms with Gasteiger partial charge in [0.2, 0.25) is 0 Å². The van der Waals surface area contributed by atoms with Crippen molar-refractivity contribution in [3.63, 3.8) is 0 Å². The van der Waals surface area contributed by atoms with Crippen LogP contribution < -0.4 is 0 Å². The van der Waals surface area contributed by atoms with E-state index in [1.807, 2.05) is 42.0 Å². The molecule has 0 saturated heterocycles. The Bertz CT molecular complexity index is 946. The van der Waals surface area contributed by atoms with Gasteiger partial charge in [-0.1, -0.05) is 0 Å². The molecule has 1 fully saturated rings. The molecule has 1 aliphatic rings. The van der Waals surface area contributed by atoms with Gasteiger partial charge in [-0.05, 0) is 49.4 Å². The number of aromatic amines is 1. The topological polar surface area (TPSA) is 67.5 Å². The molecule has 6 nitrogen and oxygen atoms in total. The van der Waals surface area contributed by atoms with Gasteiger partial charge in [0.1, 0.15) is 0 Å². The molecule has 7 heteroatoms. The second-order valence-electron chi connectivity index (χ2n) is 7.54. The van der Waals surface area contributed by atoms with Gasteiger partial charge in [0.15, 0.2) is 0 Å². The quantitative estimate of drug-likeness (QED) is 0.585.